The van der Waals surface area contributed by atoms with Gasteiger partial charge in [0.25, 0.3) is 0 Å². The van der Waals surface area contributed by atoms with E-state index in [-0.39, 0.29) is 23.3 Å². The fourth-order valence-electron chi connectivity index (χ4n) is 3.27. The van der Waals surface area contributed by atoms with Gasteiger partial charge in [-0.2, -0.15) is 10.2 Å². The van der Waals surface area contributed by atoms with Gasteiger partial charge in [-0.05, 0) is 31.5 Å². The van der Waals surface area contributed by atoms with Crippen molar-refractivity contribution in [1.29, 1.82) is 0 Å². The van der Waals surface area contributed by atoms with Gasteiger partial charge in [0.1, 0.15) is 0 Å². The molecule has 0 bridgehead atoms. The third kappa shape index (κ3) is 2.49. The maximum absolute atomic E-state index is 12.3. The Kier molecular flexibility index (Phi) is 3.96. The number of rotatable bonds is 4. The zero-order chi connectivity index (χ0) is 17.4. The van der Waals surface area contributed by atoms with Crippen molar-refractivity contribution >= 4 is 23.2 Å². The van der Waals surface area contributed by atoms with Crippen molar-refractivity contribution in [3.63, 3.8) is 0 Å². The van der Waals surface area contributed by atoms with Gasteiger partial charge in [0, 0.05) is 17.3 Å². The molecule has 0 saturated heterocycles. The highest BCUT2D eigenvalue weighted by molar-refractivity contribution is 6.12. The molecule has 2 unspecified atom stereocenters. The third-order valence-electron chi connectivity index (χ3n) is 4.46. The summed E-state index contributed by atoms with van der Waals surface area (Å²) in [5.41, 5.74) is 6.81. The summed E-state index contributed by atoms with van der Waals surface area (Å²) in [6.07, 6.45) is 0. The van der Waals surface area contributed by atoms with E-state index in [2.05, 4.69) is 21.1 Å². The van der Waals surface area contributed by atoms with Gasteiger partial charge in [-0.15, -0.1) is 0 Å². The van der Waals surface area contributed by atoms with Crippen LogP contribution < -0.4 is 15.6 Å². The fraction of sp³-hybridized carbons (Fsp3) is 0.375. The standard InChI is InChI=1S/C16H18N4O4/c1-7-12(15(22)19-17-7)14(13-8(2)18-20-16(13)23)9-4-5-10(21)11(6-9)24-3/h4-6,12-14,21H,1-3H3,(H,19,22)(H,20,23). The number of nitrogens with zero attached hydrogens (tertiary/aromatic N) is 2. The number of nitrogens with one attached hydrogen (secondary N) is 2. The van der Waals surface area contributed by atoms with Crippen LogP contribution in [-0.2, 0) is 9.59 Å². The summed E-state index contributed by atoms with van der Waals surface area (Å²) >= 11 is 0. The normalized spacial score (nSPS) is 24.1. The molecule has 3 rings (SSSR count). The maximum Gasteiger partial charge on any atom is 0.249 e. The molecule has 1 aromatic carbocycles. The molecule has 0 aliphatic carbocycles. The molecule has 0 fully saturated rings. The van der Waals surface area contributed by atoms with Crippen LogP contribution in [0.5, 0.6) is 11.5 Å². The summed E-state index contributed by atoms with van der Waals surface area (Å²) in [6.45, 7) is 3.49. The smallest absolute Gasteiger partial charge is 0.249 e. The Labute approximate surface area is 138 Å². The number of methoxy groups -OCH3 is 1. The van der Waals surface area contributed by atoms with Crippen molar-refractivity contribution < 1.29 is 19.4 Å². The van der Waals surface area contributed by atoms with Gasteiger partial charge in [-0.1, -0.05) is 6.07 Å². The van der Waals surface area contributed by atoms with Gasteiger partial charge in [-0.25, -0.2) is 10.9 Å². The first kappa shape index (κ1) is 16.0. The Morgan fingerprint density at radius 1 is 1.08 bits per heavy atom. The molecular weight excluding hydrogens is 312 g/mol. The van der Waals surface area contributed by atoms with Crippen molar-refractivity contribution in [2.45, 2.75) is 19.8 Å². The summed E-state index contributed by atoms with van der Waals surface area (Å²) in [5.74, 6) is -1.97. The van der Waals surface area contributed by atoms with Gasteiger partial charge in [0.05, 0.1) is 18.9 Å². The molecule has 24 heavy (non-hydrogen) atoms. The Hall–Kier alpha value is -2.90. The Morgan fingerprint density at radius 3 is 2.04 bits per heavy atom. The quantitative estimate of drug-likeness (QED) is 0.755. The lowest BCUT2D eigenvalue weighted by molar-refractivity contribution is -0.125. The number of hydrogen-bond donors (Lipinski definition) is 3. The van der Waals surface area contributed by atoms with Crippen LogP contribution in [0.2, 0.25) is 0 Å². The molecule has 3 N–H and O–H groups in total. The highest BCUT2D eigenvalue weighted by Crippen LogP contribution is 2.40. The minimum Gasteiger partial charge on any atom is -0.504 e. The number of phenols is 1. The van der Waals surface area contributed by atoms with Crippen LogP contribution in [0.3, 0.4) is 0 Å². The van der Waals surface area contributed by atoms with E-state index in [0.717, 1.165) is 0 Å². The van der Waals surface area contributed by atoms with E-state index in [4.69, 9.17) is 4.74 Å². The monoisotopic (exact) mass is 330 g/mol. The minimum atomic E-state index is -0.599. The second-order valence-electron chi connectivity index (χ2n) is 5.87. The minimum absolute atomic E-state index is 0.0116. The van der Waals surface area contributed by atoms with Crippen LogP contribution >= 0.6 is 0 Å². The molecule has 2 amide bonds. The molecule has 2 atom stereocenters. The zero-order valence-electron chi connectivity index (χ0n) is 13.5. The lowest BCUT2D eigenvalue weighted by Crippen LogP contribution is -2.38. The van der Waals surface area contributed by atoms with Crippen LogP contribution in [0.4, 0.5) is 0 Å². The zero-order valence-corrected chi connectivity index (χ0v) is 13.5. The molecule has 8 heteroatoms. The topological polar surface area (TPSA) is 112 Å². The summed E-state index contributed by atoms with van der Waals surface area (Å²) in [4.78, 5) is 24.6. The second kappa shape index (κ2) is 5.95. The lowest BCUT2D eigenvalue weighted by Gasteiger charge is -2.27. The number of ether oxygens (including phenoxy) is 1. The average Bonchev–Trinajstić information content (AvgIpc) is 3.06. The van der Waals surface area contributed by atoms with Gasteiger partial charge in [0.15, 0.2) is 11.5 Å². The molecule has 2 aliphatic rings. The summed E-state index contributed by atoms with van der Waals surface area (Å²) < 4.78 is 5.16. The van der Waals surface area contributed by atoms with Gasteiger partial charge in [-0.3, -0.25) is 9.59 Å². The first-order valence-corrected chi connectivity index (χ1v) is 7.49. The summed E-state index contributed by atoms with van der Waals surface area (Å²) in [5, 5.41) is 17.8. The van der Waals surface area contributed by atoms with Crippen molar-refractivity contribution in [3.05, 3.63) is 23.8 Å². The van der Waals surface area contributed by atoms with Crippen molar-refractivity contribution in [3.8, 4) is 11.5 Å². The lowest BCUT2D eigenvalue weighted by atomic mass is 9.73. The van der Waals surface area contributed by atoms with E-state index in [1.165, 1.54) is 13.2 Å². The molecule has 0 aromatic heterocycles. The summed E-state index contributed by atoms with van der Waals surface area (Å²) in [7, 11) is 1.44. The van der Waals surface area contributed by atoms with Crippen molar-refractivity contribution in [2.75, 3.05) is 7.11 Å². The molecule has 126 valence electrons. The van der Waals surface area contributed by atoms with E-state index in [0.29, 0.717) is 17.0 Å². The van der Waals surface area contributed by atoms with E-state index in [9.17, 15) is 14.7 Å². The molecule has 2 heterocycles. The highest BCUT2D eigenvalue weighted by atomic mass is 16.5. The molecule has 2 aliphatic heterocycles. The average molecular weight is 330 g/mol. The largest absolute Gasteiger partial charge is 0.504 e. The molecule has 0 radical (unpaired) electrons. The van der Waals surface area contributed by atoms with Crippen molar-refractivity contribution in [1.82, 2.24) is 10.9 Å². The number of hydrazone groups is 2. The SMILES string of the molecule is COc1cc(C(C2C(=O)NN=C2C)C2C(=O)NN=C2C)ccc1O. The predicted molar refractivity (Wildman–Crippen MR) is 86.9 cm³/mol. The Morgan fingerprint density at radius 2 is 1.62 bits per heavy atom. The van der Waals surface area contributed by atoms with E-state index < -0.39 is 17.8 Å². The second-order valence-corrected chi connectivity index (χ2v) is 5.87. The molecule has 0 spiro atoms. The molecule has 8 nitrogen and oxygen atoms in total. The fourth-order valence-corrected chi connectivity index (χ4v) is 3.27. The molecular formula is C16H18N4O4. The number of amides is 2. The Balaban J connectivity index is 2.12. The number of benzene rings is 1. The number of phenolic OH excluding ortho intramolecular Hbond substituents is 1. The van der Waals surface area contributed by atoms with Crippen LogP contribution in [0, 0.1) is 11.8 Å². The van der Waals surface area contributed by atoms with Gasteiger partial charge >= 0.3 is 0 Å². The number of carbonyl (C=O) groups excluding carboxylic acids is 2. The van der Waals surface area contributed by atoms with Crippen LogP contribution in [0.1, 0.15) is 25.3 Å². The van der Waals surface area contributed by atoms with Crippen molar-refractivity contribution in [2.24, 2.45) is 22.0 Å². The first-order valence-electron chi connectivity index (χ1n) is 7.49. The van der Waals surface area contributed by atoms with Gasteiger partial charge in [0.2, 0.25) is 11.8 Å². The summed E-state index contributed by atoms with van der Waals surface area (Å²) in [6, 6.07) is 4.80. The predicted octanol–water partition coefficient (Wildman–Crippen LogP) is 0.728. The third-order valence-corrected chi connectivity index (χ3v) is 4.46. The van der Waals surface area contributed by atoms with Crippen LogP contribution in [0.15, 0.2) is 28.4 Å². The molecule has 0 saturated carbocycles. The maximum atomic E-state index is 12.3. The van der Waals surface area contributed by atoms with E-state index >= 15 is 0 Å². The number of hydrogen-bond acceptors (Lipinski definition) is 6. The van der Waals surface area contributed by atoms with Crippen LogP contribution in [0.25, 0.3) is 0 Å². The van der Waals surface area contributed by atoms with E-state index in [1.54, 1.807) is 26.0 Å². The highest BCUT2D eigenvalue weighted by Gasteiger charge is 2.45. The van der Waals surface area contributed by atoms with E-state index in [1.807, 2.05) is 0 Å². The van der Waals surface area contributed by atoms with Crippen LogP contribution in [-0.4, -0.2) is 35.5 Å². The van der Waals surface area contributed by atoms with Gasteiger partial charge < -0.3 is 9.84 Å². The number of carbonyl (C=O) groups is 2. The Bertz CT molecular complexity index is 733. The first-order chi connectivity index (χ1) is 11.4. The molecule has 1 aromatic rings. The number of aromatic hydroxyl groups is 1.